The van der Waals surface area contributed by atoms with Gasteiger partial charge in [0.05, 0.1) is 26.4 Å². The summed E-state index contributed by atoms with van der Waals surface area (Å²) in [6, 6.07) is 0. The van der Waals surface area contributed by atoms with Gasteiger partial charge in [0.25, 0.3) is 0 Å². The van der Waals surface area contributed by atoms with Crippen molar-refractivity contribution in [1.82, 2.24) is 0 Å². The molecule has 0 aliphatic rings. The van der Waals surface area contributed by atoms with Gasteiger partial charge in [0.2, 0.25) is 0 Å². The number of aliphatic hydroxyl groups is 3. The van der Waals surface area contributed by atoms with E-state index in [9.17, 15) is 14.6 Å². The van der Waals surface area contributed by atoms with Crippen LogP contribution in [0.25, 0.3) is 0 Å². The molecule has 0 saturated heterocycles. The van der Waals surface area contributed by atoms with Crippen LogP contribution >= 0.6 is 7.82 Å². The van der Waals surface area contributed by atoms with Gasteiger partial charge in [-0.2, -0.15) is 0 Å². The largest absolute Gasteiger partial charge is 0.472 e. The highest BCUT2D eigenvalue weighted by molar-refractivity contribution is 7.47. The molecule has 0 heterocycles. The number of hydrogen-bond acceptors (Lipinski definition) is 7. The van der Waals surface area contributed by atoms with Gasteiger partial charge in [-0.1, -0.05) is 92.0 Å². The smallest absolute Gasteiger partial charge is 0.394 e. The van der Waals surface area contributed by atoms with Crippen molar-refractivity contribution in [2.24, 2.45) is 0 Å². The third-order valence-electron chi connectivity index (χ3n) is 5.33. The van der Waals surface area contributed by atoms with E-state index in [-0.39, 0.29) is 6.61 Å². The molecule has 0 spiro atoms. The lowest BCUT2D eigenvalue weighted by molar-refractivity contribution is -0.00427. The van der Waals surface area contributed by atoms with Crippen LogP contribution in [0.3, 0.4) is 0 Å². The summed E-state index contributed by atoms with van der Waals surface area (Å²) >= 11 is 0. The average Bonchev–Trinajstić information content (AvgIpc) is 2.96. The molecule has 0 rings (SSSR count). The van der Waals surface area contributed by atoms with Gasteiger partial charge in [-0.15, -0.1) is 0 Å². The predicted octanol–water partition coefficient (Wildman–Crippen LogP) is 6.67. The second kappa shape index (κ2) is 29.6. The Labute approximate surface area is 247 Å². The first kappa shape index (κ1) is 39.1. The quantitative estimate of drug-likeness (QED) is 0.0471. The third kappa shape index (κ3) is 30.9. The van der Waals surface area contributed by atoms with E-state index < -0.39 is 39.9 Å². The SMILES string of the molecule is CC/C=C\C/C=C\C/C=C\C/C=C\C/C=C\C/C=C\C/C=C\CCCCOCC(O)COP(=O)(O)OCC(O)CO. The van der Waals surface area contributed by atoms with Gasteiger partial charge in [-0.05, 0) is 64.2 Å². The molecule has 0 aromatic carbocycles. The molecule has 3 atom stereocenters. The van der Waals surface area contributed by atoms with E-state index in [1.807, 2.05) is 0 Å². The number of ether oxygens (including phenoxy) is 1. The van der Waals surface area contributed by atoms with Crippen LogP contribution in [-0.4, -0.2) is 65.5 Å². The molecule has 0 radical (unpaired) electrons. The van der Waals surface area contributed by atoms with Gasteiger partial charge in [0.15, 0.2) is 0 Å². The number of phosphoric ester groups is 1. The molecule has 234 valence electrons. The highest BCUT2D eigenvalue weighted by Crippen LogP contribution is 2.43. The van der Waals surface area contributed by atoms with Gasteiger partial charge in [0, 0.05) is 6.61 Å². The minimum Gasteiger partial charge on any atom is -0.394 e. The van der Waals surface area contributed by atoms with E-state index in [0.29, 0.717) is 6.61 Å². The predicted molar refractivity (Wildman–Crippen MR) is 167 cm³/mol. The van der Waals surface area contributed by atoms with Crippen molar-refractivity contribution in [3.63, 3.8) is 0 Å². The van der Waals surface area contributed by atoms with Crippen LogP contribution in [0, 0.1) is 0 Å². The topological polar surface area (TPSA) is 126 Å². The standard InChI is InChI=1S/C32H53O8P/c1-2-3-4-5-6-7-8-9-10-11-12-13-14-15-16-17-18-19-20-21-22-23-24-25-26-38-28-32(35)30-40-41(36,37)39-29-31(34)27-33/h3-4,6-7,9-10,12-13,15-16,18-19,21-22,31-35H,2,5,8,11,14,17,20,23-30H2,1H3,(H,36,37)/b4-3-,7-6-,10-9-,13-12-,16-15-,19-18-,22-21-. The Kier molecular flexibility index (Phi) is 28.3. The minimum atomic E-state index is -4.41. The Morgan fingerprint density at radius 2 is 1.02 bits per heavy atom. The second-order valence-corrected chi connectivity index (χ2v) is 10.7. The Hall–Kier alpha value is -1.87. The van der Waals surface area contributed by atoms with Crippen molar-refractivity contribution in [3.8, 4) is 0 Å². The fraction of sp³-hybridized carbons (Fsp3) is 0.562. The highest BCUT2D eigenvalue weighted by atomic mass is 31.2. The lowest BCUT2D eigenvalue weighted by Gasteiger charge is -2.16. The summed E-state index contributed by atoms with van der Waals surface area (Å²) in [7, 11) is -4.41. The first-order valence-electron chi connectivity index (χ1n) is 14.6. The van der Waals surface area contributed by atoms with Gasteiger partial charge < -0.3 is 24.9 Å². The summed E-state index contributed by atoms with van der Waals surface area (Å²) in [6.07, 6.45) is 37.9. The van der Waals surface area contributed by atoms with Crippen molar-refractivity contribution in [1.29, 1.82) is 0 Å². The molecule has 9 heteroatoms. The molecule has 0 saturated carbocycles. The Bertz CT molecular complexity index is 845. The molecule has 4 N–H and O–H groups in total. The summed E-state index contributed by atoms with van der Waals surface area (Å²) in [4.78, 5) is 9.42. The van der Waals surface area contributed by atoms with Crippen LogP contribution in [0.5, 0.6) is 0 Å². The minimum absolute atomic E-state index is 0.0300. The normalized spacial score (nSPS) is 16.1. The summed E-state index contributed by atoms with van der Waals surface area (Å²) < 4.78 is 26.1. The molecular weight excluding hydrogens is 543 g/mol. The Balaban J connectivity index is 3.61. The Morgan fingerprint density at radius 1 is 0.610 bits per heavy atom. The highest BCUT2D eigenvalue weighted by Gasteiger charge is 2.24. The molecule has 0 bridgehead atoms. The van der Waals surface area contributed by atoms with Crippen molar-refractivity contribution >= 4 is 7.82 Å². The maximum absolute atomic E-state index is 11.6. The molecule has 0 aromatic rings. The van der Waals surface area contributed by atoms with Crippen LogP contribution in [-0.2, 0) is 18.3 Å². The first-order valence-corrected chi connectivity index (χ1v) is 16.1. The van der Waals surface area contributed by atoms with Crippen LogP contribution in [0.15, 0.2) is 85.1 Å². The zero-order valence-corrected chi connectivity index (χ0v) is 25.6. The fourth-order valence-corrected chi connectivity index (χ4v) is 3.89. The molecule has 0 amide bonds. The molecule has 3 unspecified atom stereocenters. The molecule has 0 aromatic heterocycles. The molecule has 0 aliphatic heterocycles. The van der Waals surface area contributed by atoms with Crippen LogP contribution in [0.2, 0.25) is 0 Å². The summed E-state index contributed by atoms with van der Waals surface area (Å²) in [5.41, 5.74) is 0. The van der Waals surface area contributed by atoms with E-state index in [2.05, 4.69) is 101 Å². The van der Waals surface area contributed by atoms with E-state index in [4.69, 9.17) is 14.9 Å². The van der Waals surface area contributed by atoms with Crippen LogP contribution in [0.1, 0.15) is 71.1 Å². The van der Waals surface area contributed by atoms with E-state index in [1.54, 1.807) is 0 Å². The number of unbranched alkanes of at least 4 members (excludes halogenated alkanes) is 2. The number of aliphatic hydroxyl groups excluding tert-OH is 3. The number of rotatable bonds is 27. The van der Waals surface area contributed by atoms with E-state index >= 15 is 0 Å². The summed E-state index contributed by atoms with van der Waals surface area (Å²) in [6.45, 7) is 0.988. The van der Waals surface area contributed by atoms with Gasteiger partial charge in [-0.25, -0.2) is 4.57 Å². The average molecular weight is 597 g/mol. The third-order valence-corrected chi connectivity index (χ3v) is 6.28. The maximum atomic E-state index is 11.6. The lowest BCUT2D eigenvalue weighted by Crippen LogP contribution is -2.23. The second-order valence-electron chi connectivity index (χ2n) is 9.24. The maximum Gasteiger partial charge on any atom is 0.472 e. The number of hydrogen-bond donors (Lipinski definition) is 4. The summed E-state index contributed by atoms with van der Waals surface area (Å²) in [5, 5.41) is 27.5. The number of phosphoric acid groups is 1. The van der Waals surface area contributed by atoms with Gasteiger partial charge in [0.1, 0.15) is 12.2 Å². The molecule has 8 nitrogen and oxygen atoms in total. The fourth-order valence-electron chi connectivity index (χ4n) is 3.09. The van der Waals surface area contributed by atoms with Crippen LogP contribution in [0.4, 0.5) is 0 Å². The molecule has 41 heavy (non-hydrogen) atoms. The van der Waals surface area contributed by atoms with Gasteiger partial charge in [-0.3, -0.25) is 9.05 Å². The summed E-state index contributed by atoms with van der Waals surface area (Å²) in [5.74, 6) is 0. The van der Waals surface area contributed by atoms with Crippen molar-refractivity contribution in [3.05, 3.63) is 85.1 Å². The van der Waals surface area contributed by atoms with Crippen molar-refractivity contribution in [2.45, 2.75) is 83.3 Å². The van der Waals surface area contributed by atoms with Gasteiger partial charge >= 0.3 is 7.82 Å². The van der Waals surface area contributed by atoms with Crippen molar-refractivity contribution < 1.29 is 38.6 Å². The molecule has 0 aliphatic carbocycles. The molecule has 0 fully saturated rings. The molecular formula is C32H53O8P. The first-order chi connectivity index (χ1) is 19.9. The zero-order valence-electron chi connectivity index (χ0n) is 24.7. The lowest BCUT2D eigenvalue weighted by atomic mass is 10.2. The van der Waals surface area contributed by atoms with E-state index in [0.717, 1.165) is 64.2 Å². The van der Waals surface area contributed by atoms with E-state index in [1.165, 1.54) is 0 Å². The number of allylic oxidation sites excluding steroid dienone is 14. The monoisotopic (exact) mass is 596 g/mol. The zero-order chi connectivity index (χ0) is 30.3. The Morgan fingerprint density at radius 3 is 1.46 bits per heavy atom. The van der Waals surface area contributed by atoms with Crippen molar-refractivity contribution in [2.75, 3.05) is 33.0 Å². The van der Waals surface area contributed by atoms with Crippen LogP contribution < -0.4 is 0 Å².